The van der Waals surface area contributed by atoms with Crippen LogP contribution in [0.4, 0.5) is 0 Å². The second-order valence-electron chi connectivity index (χ2n) is 7.16. The minimum absolute atomic E-state index is 0.0168. The van der Waals surface area contributed by atoms with Crippen LogP contribution < -0.4 is 10.6 Å². The van der Waals surface area contributed by atoms with E-state index in [1.54, 1.807) is 18.3 Å². The maximum Gasteiger partial charge on any atom is 0.290 e. The van der Waals surface area contributed by atoms with Crippen LogP contribution in [0, 0.1) is 12.8 Å². The molecule has 1 aromatic heterocycles. The molecule has 27 heavy (non-hydrogen) atoms. The predicted molar refractivity (Wildman–Crippen MR) is 102 cm³/mol. The molecular weight excluding hydrogens is 366 g/mol. The van der Waals surface area contributed by atoms with Crippen molar-refractivity contribution in [3.05, 3.63) is 27.6 Å². The third-order valence-corrected chi connectivity index (χ3v) is 6.12. The normalized spacial score (nSPS) is 23.8. The molecule has 7 nitrogen and oxygen atoms in total. The van der Waals surface area contributed by atoms with Gasteiger partial charge in [0.2, 0.25) is 11.7 Å². The van der Waals surface area contributed by atoms with Gasteiger partial charge in [-0.2, -0.15) is 0 Å². The minimum atomic E-state index is -0.229. The molecule has 1 saturated carbocycles. The third-order valence-electron chi connectivity index (χ3n) is 4.97. The average Bonchev–Trinajstić information content (AvgIpc) is 3.09. The molecule has 3 rings (SSSR count). The molecule has 1 aliphatic carbocycles. The number of rotatable bonds is 5. The molecule has 1 fully saturated rings. The Labute approximate surface area is 163 Å². The number of hydrogen-bond acceptors (Lipinski definition) is 6. The molecule has 1 unspecified atom stereocenters. The van der Waals surface area contributed by atoms with E-state index in [2.05, 4.69) is 15.6 Å². The molecule has 148 valence electrons. The van der Waals surface area contributed by atoms with E-state index in [1.165, 1.54) is 0 Å². The summed E-state index contributed by atoms with van der Waals surface area (Å²) in [4.78, 5) is 29.3. The Bertz CT molecular complexity index is 722. The molecule has 0 radical (unpaired) electrons. The first-order valence-corrected chi connectivity index (χ1v) is 10.3. The fraction of sp³-hybridized carbons (Fsp3) is 0.632. The number of thiazole rings is 1. The van der Waals surface area contributed by atoms with Gasteiger partial charge in [0, 0.05) is 23.0 Å². The van der Waals surface area contributed by atoms with Gasteiger partial charge in [-0.05, 0) is 46.5 Å². The highest BCUT2D eigenvalue weighted by atomic mass is 32.1. The van der Waals surface area contributed by atoms with Gasteiger partial charge in [0.1, 0.15) is 24.0 Å². The molecule has 2 N–H and O–H groups in total. The Morgan fingerprint density at radius 2 is 1.89 bits per heavy atom. The van der Waals surface area contributed by atoms with E-state index in [1.807, 2.05) is 19.2 Å². The van der Waals surface area contributed by atoms with Crippen molar-refractivity contribution in [2.24, 2.45) is 5.92 Å². The van der Waals surface area contributed by atoms with Crippen molar-refractivity contribution in [1.82, 2.24) is 15.6 Å². The van der Waals surface area contributed by atoms with Gasteiger partial charge >= 0.3 is 0 Å². The van der Waals surface area contributed by atoms with Crippen LogP contribution in [0.3, 0.4) is 0 Å². The molecule has 2 aliphatic rings. The van der Waals surface area contributed by atoms with E-state index in [0.717, 1.165) is 36.4 Å². The van der Waals surface area contributed by atoms with E-state index < -0.39 is 0 Å². The van der Waals surface area contributed by atoms with E-state index in [4.69, 9.17) is 9.47 Å². The number of aryl methyl sites for hydroxylation is 1. The fourth-order valence-corrected chi connectivity index (χ4v) is 4.25. The van der Waals surface area contributed by atoms with Gasteiger partial charge in [0.25, 0.3) is 5.91 Å². The van der Waals surface area contributed by atoms with E-state index in [9.17, 15) is 9.59 Å². The van der Waals surface area contributed by atoms with Crippen LogP contribution in [-0.4, -0.2) is 36.1 Å². The number of ether oxygens (including phenoxy) is 2. The Kier molecular flexibility index (Phi) is 6.36. The van der Waals surface area contributed by atoms with Crippen molar-refractivity contribution >= 4 is 23.2 Å². The lowest BCUT2D eigenvalue weighted by Gasteiger charge is -2.29. The lowest BCUT2D eigenvalue weighted by molar-refractivity contribution is -0.126. The van der Waals surface area contributed by atoms with Crippen molar-refractivity contribution in [2.45, 2.75) is 58.5 Å². The van der Waals surface area contributed by atoms with Crippen LogP contribution in [0.1, 0.15) is 56.3 Å². The molecule has 1 aromatic rings. The standard InChI is InChI=1S/C19H27N3O4S/c1-11-10-27-19(20-11)12(2)21-17(23)14-4-6-15(7-5-14)22-18(24)16-13(3)25-8-9-26-16/h10,12,14-15H,4-9H2,1-3H3,(H,21,23)(H,22,24). The molecule has 2 amide bonds. The van der Waals surface area contributed by atoms with Crippen LogP contribution in [0.5, 0.6) is 0 Å². The minimum Gasteiger partial charge on any atom is -0.491 e. The van der Waals surface area contributed by atoms with Crippen LogP contribution >= 0.6 is 11.3 Å². The van der Waals surface area contributed by atoms with E-state index >= 15 is 0 Å². The Morgan fingerprint density at radius 1 is 1.19 bits per heavy atom. The van der Waals surface area contributed by atoms with Crippen LogP contribution in [0.2, 0.25) is 0 Å². The Morgan fingerprint density at radius 3 is 2.52 bits per heavy atom. The monoisotopic (exact) mass is 393 g/mol. The largest absolute Gasteiger partial charge is 0.491 e. The highest BCUT2D eigenvalue weighted by Gasteiger charge is 2.30. The number of carbonyl (C=O) groups is 2. The summed E-state index contributed by atoms with van der Waals surface area (Å²) >= 11 is 1.57. The lowest BCUT2D eigenvalue weighted by atomic mass is 9.85. The Hall–Kier alpha value is -2.09. The second kappa shape index (κ2) is 8.73. The van der Waals surface area contributed by atoms with Crippen molar-refractivity contribution in [3.63, 3.8) is 0 Å². The molecule has 0 aromatic carbocycles. The summed E-state index contributed by atoms with van der Waals surface area (Å²) in [5.74, 6) is 0.624. The second-order valence-corrected chi connectivity index (χ2v) is 8.05. The van der Waals surface area contributed by atoms with Gasteiger partial charge < -0.3 is 20.1 Å². The SMILES string of the molecule is CC1=C(C(=O)NC2CCC(C(=O)NC(C)c3nc(C)cs3)CC2)OCCO1. The van der Waals surface area contributed by atoms with Crippen LogP contribution in [0.15, 0.2) is 16.9 Å². The lowest BCUT2D eigenvalue weighted by Crippen LogP contribution is -2.42. The van der Waals surface area contributed by atoms with Gasteiger partial charge in [0.05, 0.1) is 6.04 Å². The van der Waals surface area contributed by atoms with Gasteiger partial charge in [-0.1, -0.05) is 0 Å². The van der Waals surface area contributed by atoms with Crippen molar-refractivity contribution in [2.75, 3.05) is 13.2 Å². The third kappa shape index (κ3) is 5.00. The number of allylic oxidation sites excluding steroid dienone is 1. The van der Waals surface area contributed by atoms with Gasteiger partial charge in [-0.15, -0.1) is 11.3 Å². The molecule has 0 bridgehead atoms. The predicted octanol–water partition coefficient (Wildman–Crippen LogP) is 2.58. The molecule has 2 heterocycles. The summed E-state index contributed by atoms with van der Waals surface area (Å²) in [7, 11) is 0. The number of amides is 2. The zero-order chi connectivity index (χ0) is 19.4. The first-order valence-electron chi connectivity index (χ1n) is 9.43. The maximum atomic E-state index is 12.5. The molecule has 0 saturated heterocycles. The summed E-state index contributed by atoms with van der Waals surface area (Å²) in [6, 6.07) is -0.0154. The van der Waals surface area contributed by atoms with Crippen molar-refractivity contribution in [1.29, 1.82) is 0 Å². The zero-order valence-corrected chi connectivity index (χ0v) is 16.9. The van der Waals surface area contributed by atoms with E-state index in [-0.39, 0.29) is 35.6 Å². The summed E-state index contributed by atoms with van der Waals surface area (Å²) in [6.45, 7) is 6.52. The highest BCUT2D eigenvalue weighted by molar-refractivity contribution is 7.09. The van der Waals surface area contributed by atoms with Crippen molar-refractivity contribution < 1.29 is 19.1 Å². The topological polar surface area (TPSA) is 89.6 Å². The van der Waals surface area contributed by atoms with Crippen molar-refractivity contribution in [3.8, 4) is 0 Å². The highest BCUT2D eigenvalue weighted by Crippen LogP contribution is 2.26. The summed E-state index contributed by atoms with van der Waals surface area (Å²) < 4.78 is 10.8. The van der Waals surface area contributed by atoms with Crippen LogP contribution in [0.25, 0.3) is 0 Å². The van der Waals surface area contributed by atoms with Gasteiger partial charge in [-0.25, -0.2) is 4.98 Å². The molecule has 0 spiro atoms. The first kappa shape index (κ1) is 19.7. The molecule has 1 aliphatic heterocycles. The fourth-order valence-electron chi connectivity index (χ4n) is 3.45. The summed E-state index contributed by atoms with van der Waals surface area (Å²) in [6.07, 6.45) is 3.08. The quantitative estimate of drug-likeness (QED) is 0.803. The number of hydrogen-bond donors (Lipinski definition) is 2. The average molecular weight is 394 g/mol. The van der Waals surface area contributed by atoms with E-state index in [0.29, 0.717) is 19.0 Å². The molecule has 1 atom stereocenters. The number of nitrogens with zero attached hydrogens (tertiary/aromatic N) is 1. The smallest absolute Gasteiger partial charge is 0.290 e. The maximum absolute atomic E-state index is 12.5. The molecule has 8 heteroatoms. The number of aromatic nitrogens is 1. The number of nitrogens with one attached hydrogen (secondary N) is 2. The first-order chi connectivity index (χ1) is 12.9. The van der Waals surface area contributed by atoms with Gasteiger partial charge in [0.15, 0.2) is 0 Å². The molecular formula is C19H27N3O4S. The van der Waals surface area contributed by atoms with Crippen LogP contribution in [-0.2, 0) is 19.1 Å². The Balaban J connectivity index is 1.45. The van der Waals surface area contributed by atoms with Gasteiger partial charge in [-0.3, -0.25) is 9.59 Å². The number of carbonyl (C=O) groups excluding carboxylic acids is 2. The summed E-state index contributed by atoms with van der Waals surface area (Å²) in [5, 5.41) is 9.00. The summed E-state index contributed by atoms with van der Waals surface area (Å²) in [5.41, 5.74) is 0.977. The zero-order valence-electron chi connectivity index (χ0n) is 16.0.